The maximum absolute atomic E-state index is 12.9. The smallest absolute Gasteiger partial charge is 0.418 e. The molecule has 0 radical (unpaired) electrons. The van der Waals surface area contributed by atoms with Gasteiger partial charge < -0.3 is 8.98 Å². The fourth-order valence-corrected chi connectivity index (χ4v) is 3.36. The van der Waals surface area contributed by atoms with E-state index in [1.54, 1.807) is 19.2 Å². The van der Waals surface area contributed by atoms with Gasteiger partial charge in [-0.2, -0.15) is 13.2 Å². The maximum atomic E-state index is 12.9. The summed E-state index contributed by atoms with van der Waals surface area (Å²) in [7, 11) is 1.59. The van der Waals surface area contributed by atoms with Crippen molar-refractivity contribution in [2.45, 2.75) is 16.2 Å². The number of rotatable bonds is 4. The highest BCUT2D eigenvalue weighted by atomic mass is 35.5. The van der Waals surface area contributed by atoms with Crippen LogP contribution in [0.5, 0.6) is 0 Å². The van der Waals surface area contributed by atoms with E-state index < -0.39 is 27.4 Å². The van der Waals surface area contributed by atoms with Crippen molar-refractivity contribution in [1.29, 1.82) is 0 Å². The summed E-state index contributed by atoms with van der Waals surface area (Å²) in [6, 6.07) is 4.61. The minimum atomic E-state index is -4.80. The predicted octanol–water partition coefficient (Wildman–Crippen LogP) is 4.81. The van der Waals surface area contributed by atoms with Gasteiger partial charge in [0.15, 0.2) is 16.7 Å². The summed E-state index contributed by atoms with van der Waals surface area (Å²) in [6.07, 6.45) is -3.36. The number of hydrogen-bond donors (Lipinski definition) is 0. The van der Waals surface area contributed by atoms with Gasteiger partial charge in [-0.3, -0.25) is 10.1 Å². The number of nitro groups is 1. The molecule has 0 aliphatic heterocycles. The van der Waals surface area contributed by atoms with E-state index in [2.05, 4.69) is 10.2 Å². The van der Waals surface area contributed by atoms with Crippen LogP contribution in [0.2, 0.25) is 5.02 Å². The molecule has 1 aromatic carbocycles. The topological polar surface area (TPSA) is 87.0 Å². The van der Waals surface area contributed by atoms with Crippen molar-refractivity contribution in [3.05, 3.63) is 51.2 Å². The molecule has 0 atom stereocenters. The molecule has 0 aliphatic rings. The van der Waals surface area contributed by atoms with Crippen LogP contribution in [0.4, 0.5) is 18.9 Å². The molecule has 136 valence electrons. The largest absolute Gasteiger partial charge is 0.461 e. The molecule has 0 spiro atoms. The third-order valence-electron chi connectivity index (χ3n) is 3.33. The lowest BCUT2D eigenvalue weighted by Crippen LogP contribution is -2.07. The first kappa shape index (κ1) is 18.3. The van der Waals surface area contributed by atoms with Crippen LogP contribution < -0.4 is 0 Å². The van der Waals surface area contributed by atoms with Gasteiger partial charge in [0, 0.05) is 13.1 Å². The summed E-state index contributed by atoms with van der Waals surface area (Å²) in [5, 5.41) is 18.6. The Labute approximate surface area is 152 Å². The number of nitrogens with zero attached hydrogens (tertiary/aromatic N) is 4. The quantitative estimate of drug-likeness (QED) is 0.458. The predicted molar refractivity (Wildman–Crippen MR) is 85.9 cm³/mol. The van der Waals surface area contributed by atoms with Crippen LogP contribution in [-0.4, -0.2) is 19.7 Å². The van der Waals surface area contributed by atoms with Crippen molar-refractivity contribution in [1.82, 2.24) is 14.8 Å². The van der Waals surface area contributed by atoms with Crippen molar-refractivity contribution in [2.75, 3.05) is 0 Å². The fraction of sp³-hybridized carbons (Fsp3) is 0.143. The Bertz CT molecular complexity index is 973. The van der Waals surface area contributed by atoms with Gasteiger partial charge in [0.05, 0.1) is 26.7 Å². The molecule has 0 aliphatic carbocycles. The minimum absolute atomic E-state index is 0.0884. The van der Waals surface area contributed by atoms with Crippen molar-refractivity contribution >= 4 is 29.1 Å². The van der Waals surface area contributed by atoms with Gasteiger partial charge in [0.1, 0.15) is 0 Å². The number of aromatic nitrogens is 3. The first-order valence-corrected chi connectivity index (χ1v) is 8.04. The molecule has 0 saturated carbocycles. The van der Waals surface area contributed by atoms with Crippen LogP contribution in [0.3, 0.4) is 0 Å². The Morgan fingerprint density at radius 3 is 2.65 bits per heavy atom. The van der Waals surface area contributed by atoms with Gasteiger partial charge in [-0.15, -0.1) is 10.2 Å². The molecule has 26 heavy (non-hydrogen) atoms. The highest BCUT2D eigenvalue weighted by Gasteiger charge is 2.36. The number of hydrogen-bond acceptors (Lipinski definition) is 6. The lowest BCUT2D eigenvalue weighted by Gasteiger charge is -2.10. The molecule has 0 N–H and O–H groups in total. The minimum Gasteiger partial charge on any atom is -0.461 e. The normalized spacial score (nSPS) is 11.7. The number of halogens is 4. The lowest BCUT2D eigenvalue weighted by molar-refractivity contribution is -0.388. The van der Waals surface area contributed by atoms with Crippen molar-refractivity contribution in [2.24, 2.45) is 7.05 Å². The van der Waals surface area contributed by atoms with Gasteiger partial charge in [0.2, 0.25) is 0 Å². The Hall–Kier alpha value is -2.53. The van der Waals surface area contributed by atoms with E-state index in [4.69, 9.17) is 16.0 Å². The number of nitro benzene ring substituents is 1. The van der Waals surface area contributed by atoms with E-state index in [1.807, 2.05) is 0 Å². The van der Waals surface area contributed by atoms with E-state index in [-0.39, 0.29) is 10.1 Å². The molecular formula is C14H8ClF3N4O3S. The monoisotopic (exact) mass is 404 g/mol. The van der Waals surface area contributed by atoms with Crippen LogP contribution in [0.1, 0.15) is 5.56 Å². The molecule has 12 heteroatoms. The highest BCUT2D eigenvalue weighted by molar-refractivity contribution is 7.99. The summed E-state index contributed by atoms with van der Waals surface area (Å²) in [5.41, 5.74) is -2.00. The standard InChI is InChI=1S/C14H8ClF3N4O3S/c1-21-12(10-3-2-4-25-10)19-20-13(21)26-11-6-8(15)7(14(16,17)18)5-9(11)22(23)24/h2-6H,1H3. The summed E-state index contributed by atoms with van der Waals surface area (Å²) in [5.74, 6) is 0.782. The SMILES string of the molecule is Cn1c(Sc2cc(Cl)c(C(F)(F)F)cc2[N+](=O)[O-])nnc1-c1ccco1. The molecule has 3 rings (SSSR count). The van der Waals surface area contributed by atoms with Crippen LogP contribution in [0, 0.1) is 10.1 Å². The van der Waals surface area contributed by atoms with E-state index in [9.17, 15) is 23.3 Å². The molecule has 7 nitrogen and oxygen atoms in total. The summed E-state index contributed by atoms with van der Waals surface area (Å²) in [4.78, 5) is 10.2. The van der Waals surface area contributed by atoms with Gasteiger partial charge in [-0.1, -0.05) is 11.6 Å². The Kier molecular flexibility index (Phi) is 4.67. The van der Waals surface area contributed by atoms with Gasteiger partial charge in [0.25, 0.3) is 5.69 Å². The van der Waals surface area contributed by atoms with Crippen molar-refractivity contribution in [3.63, 3.8) is 0 Å². The molecule has 0 amide bonds. The second kappa shape index (κ2) is 6.65. The number of furan rings is 1. The van der Waals surface area contributed by atoms with E-state index in [0.29, 0.717) is 17.7 Å². The van der Waals surface area contributed by atoms with Gasteiger partial charge >= 0.3 is 6.18 Å². The maximum Gasteiger partial charge on any atom is 0.418 e. The van der Waals surface area contributed by atoms with E-state index >= 15 is 0 Å². The molecule has 2 aromatic heterocycles. The number of alkyl halides is 3. The van der Waals surface area contributed by atoms with Crippen LogP contribution >= 0.6 is 23.4 Å². The van der Waals surface area contributed by atoms with Gasteiger partial charge in [-0.25, -0.2) is 0 Å². The molecule has 0 bridgehead atoms. The van der Waals surface area contributed by atoms with Crippen molar-refractivity contribution < 1.29 is 22.5 Å². The Morgan fingerprint density at radius 1 is 1.35 bits per heavy atom. The highest BCUT2D eigenvalue weighted by Crippen LogP contribution is 2.43. The zero-order valence-corrected chi connectivity index (χ0v) is 14.4. The summed E-state index contributed by atoms with van der Waals surface area (Å²) >= 11 is 6.44. The lowest BCUT2D eigenvalue weighted by atomic mass is 10.2. The Morgan fingerprint density at radius 2 is 2.08 bits per heavy atom. The zero-order chi connectivity index (χ0) is 19.1. The Balaban J connectivity index is 2.03. The number of benzene rings is 1. The molecular weight excluding hydrogens is 397 g/mol. The third kappa shape index (κ3) is 3.40. The third-order valence-corrected chi connectivity index (χ3v) is 4.73. The summed E-state index contributed by atoms with van der Waals surface area (Å²) < 4.78 is 45.5. The van der Waals surface area contributed by atoms with Crippen LogP contribution in [0.25, 0.3) is 11.6 Å². The molecule has 0 unspecified atom stereocenters. The van der Waals surface area contributed by atoms with E-state index in [0.717, 1.165) is 17.8 Å². The summed E-state index contributed by atoms with van der Waals surface area (Å²) in [6.45, 7) is 0. The molecule has 3 aromatic rings. The molecule has 0 saturated heterocycles. The fourth-order valence-electron chi connectivity index (χ4n) is 2.11. The average molecular weight is 405 g/mol. The first-order valence-electron chi connectivity index (χ1n) is 6.84. The molecule has 2 heterocycles. The van der Waals surface area contributed by atoms with Crippen molar-refractivity contribution in [3.8, 4) is 11.6 Å². The van der Waals surface area contributed by atoms with Gasteiger partial charge in [-0.05, 0) is 30.0 Å². The van der Waals surface area contributed by atoms with Crippen LogP contribution in [-0.2, 0) is 13.2 Å². The average Bonchev–Trinajstić information content (AvgIpc) is 3.16. The first-order chi connectivity index (χ1) is 12.2. The molecule has 0 fully saturated rings. The second-order valence-corrected chi connectivity index (χ2v) is 6.42. The second-order valence-electron chi connectivity index (χ2n) is 5.00. The van der Waals surface area contributed by atoms with E-state index in [1.165, 1.54) is 10.8 Å². The zero-order valence-electron chi connectivity index (χ0n) is 12.8. The van der Waals surface area contributed by atoms with Crippen LogP contribution in [0.15, 0.2) is 45.0 Å².